The molecular weight excluding hydrogens is 368 g/mol. The summed E-state index contributed by atoms with van der Waals surface area (Å²) >= 11 is 0. The number of nitrogens with one attached hydrogen (secondary N) is 1. The number of aromatic amines is 1. The number of fused-ring (bicyclic) bond motifs is 1. The zero-order chi connectivity index (χ0) is 20.2. The van der Waals surface area contributed by atoms with Gasteiger partial charge in [0, 0.05) is 50.9 Å². The van der Waals surface area contributed by atoms with E-state index in [9.17, 15) is 4.79 Å². The first-order chi connectivity index (χ1) is 14.2. The van der Waals surface area contributed by atoms with Crippen molar-refractivity contribution in [1.82, 2.24) is 14.9 Å². The monoisotopic (exact) mass is 394 g/mol. The molecule has 0 radical (unpaired) electrons. The highest BCUT2D eigenvalue weighted by Gasteiger charge is 2.17. The molecule has 29 heavy (non-hydrogen) atoms. The highest BCUT2D eigenvalue weighted by Crippen LogP contribution is 2.29. The molecule has 1 aliphatic rings. The second kappa shape index (κ2) is 8.53. The standard InChI is InChI=1S/C22H26N4O3/c1-28-19-14-17-18(15-20(19)29-2)23-21(24-22(17)27)8-9-25-10-12-26(13-11-25)16-6-4-3-5-7-16/h3-7,14-15H,8-13H2,1-2H3,(H,23,24,27). The highest BCUT2D eigenvalue weighted by atomic mass is 16.5. The van der Waals surface area contributed by atoms with Crippen LogP contribution in [0.1, 0.15) is 5.82 Å². The molecule has 1 N–H and O–H groups in total. The largest absolute Gasteiger partial charge is 0.493 e. The Bertz CT molecular complexity index is 1030. The molecule has 1 aromatic heterocycles. The van der Waals surface area contributed by atoms with E-state index in [1.54, 1.807) is 26.4 Å². The van der Waals surface area contributed by atoms with E-state index in [2.05, 4.69) is 44.0 Å². The Morgan fingerprint density at radius 2 is 1.69 bits per heavy atom. The van der Waals surface area contributed by atoms with Crippen LogP contribution in [0.5, 0.6) is 11.5 Å². The Morgan fingerprint density at radius 3 is 2.38 bits per heavy atom. The summed E-state index contributed by atoms with van der Waals surface area (Å²) < 4.78 is 10.6. The molecule has 3 aromatic rings. The van der Waals surface area contributed by atoms with E-state index in [0.29, 0.717) is 34.6 Å². The van der Waals surface area contributed by atoms with Crippen molar-refractivity contribution in [1.29, 1.82) is 0 Å². The van der Waals surface area contributed by atoms with Crippen LogP contribution >= 0.6 is 0 Å². The lowest BCUT2D eigenvalue weighted by molar-refractivity contribution is 0.259. The number of nitrogens with zero attached hydrogens (tertiary/aromatic N) is 3. The number of benzene rings is 2. The van der Waals surface area contributed by atoms with Crippen LogP contribution in [-0.2, 0) is 6.42 Å². The van der Waals surface area contributed by atoms with Gasteiger partial charge in [-0.05, 0) is 18.2 Å². The van der Waals surface area contributed by atoms with Gasteiger partial charge in [-0.1, -0.05) is 18.2 Å². The molecule has 0 spiro atoms. The van der Waals surface area contributed by atoms with Crippen LogP contribution in [0.3, 0.4) is 0 Å². The van der Waals surface area contributed by atoms with Crippen LogP contribution in [-0.4, -0.2) is 61.8 Å². The minimum Gasteiger partial charge on any atom is -0.493 e. The molecular formula is C22H26N4O3. The number of H-pyrrole nitrogens is 1. The van der Waals surface area contributed by atoms with Gasteiger partial charge in [-0.15, -0.1) is 0 Å². The van der Waals surface area contributed by atoms with Gasteiger partial charge >= 0.3 is 0 Å². The number of hydrogen-bond donors (Lipinski definition) is 1. The van der Waals surface area contributed by atoms with Gasteiger partial charge < -0.3 is 19.4 Å². The normalized spacial score (nSPS) is 14.9. The summed E-state index contributed by atoms with van der Waals surface area (Å²) in [4.78, 5) is 24.9. The molecule has 152 valence electrons. The summed E-state index contributed by atoms with van der Waals surface area (Å²) in [5, 5.41) is 0.503. The number of methoxy groups -OCH3 is 2. The maximum Gasteiger partial charge on any atom is 0.258 e. The fourth-order valence-corrected chi connectivity index (χ4v) is 3.77. The van der Waals surface area contributed by atoms with Crippen LogP contribution in [0, 0.1) is 0 Å². The quantitative estimate of drug-likeness (QED) is 0.692. The summed E-state index contributed by atoms with van der Waals surface area (Å²) in [5.74, 6) is 1.79. The van der Waals surface area contributed by atoms with Crippen LogP contribution in [0.4, 0.5) is 5.69 Å². The Kier molecular flexibility index (Phi) is 5.67. The number of ether oxygens (including phenoxy) is 2. The number of para-hydroxylation sites is 1. The molecule has 2 heterocycles. The van der Waals surface area contributed by atoms with Crippen molar-refractivity contribution in [2.45, 2.75) is 6.42 Å². The number of rotatable bonds is 6. The second-order valence-electron chi connectivity index (χ2n) is 7.15. The van der Waals surface area contributed by atoms with Crippen molar-refractivity contribution in [2.75, 3.05) is 51.8 Å². The topological polar surface area (TPSA) is 70.7 Å². The zero-order valence-corrected chi connectivity index (χ0v) is 16.9. The summed E-state index contributed by atoms with van der Waals surface area (Å²) in [6.07, 6.45) is 0.699. The number of anilines is 1. The molecule has 7 heteroatoms. The average molecular weight is 394 g/mol. The summed E-state index contributed by atoms with van der Waals surface area (Å²) in [6, 6.07) is 13.9. The average Bonchev–Trinajstić information content (AvgIpc) is 2.78. The lowest BCUT2D eigenvalue weighted by Crippen LogP contribution is -2.47. The van der Waals surface area contributed by atoms with Gasteiger partial charge in [-0.25, -0.2) is 4.98 Å². The first-order valence-electron chi connectivity index (χ1n) is 9.85. The summed E-state index contributed by atoms with van der Waals surface area (Å²) in [6.45, 7) is 4.87. The Hall–Kier alpha value is -3.06. The third kappa shape index (κ3) is 4.19. The molecule has 0 amide bonds. The highest BCUT2D eigenvalue weighted by molar-refractivity contribution is 5.81. The summed E-state index contributed by atoms with van der Waals surface area (Å²) in [7, 11) is 3.13. The number of hydrogen-bond acceptors (Lipinski definition) is 6. The minimum absolute atomic E-state index is 0.153. The fourth-order valence-electron chi connectivity index (χ4n) is 3.77. The van der Waals surface area contributed by atoms with E-state index in [1.165, 1.54) is 5.69 Å². The minimum atomic E-state index is -0.153. The molecule has 2 aromatic carbocycles. The lowest BCUT2D eigenvalue weighted by Gasteiger charge is -2.36. The van der Waals surface area contributed by atoms with E-state index in [1.807, 2.05) is 6.07 Å². The molecule has 0 bridgehead atoms. The van der Waals surface area contributed by atoms with Crippen molar-refractivity contribution in [2.24, 2.45) is 0 Å². The van der Waals surface area contributed by atoms with Crippen LogP contribution < -0.4 is 19.9 Å². The number of aromatic nitrogens is 2. The van der Waals surface area contributed by atoms with Gasteiger partial charge in [-0.3, -0.25) is 9.69 Å². The molecule has 1 aliphatic heterocycles. The van der Waals surface area contributed by atoms with E-state index in [-0.39, 0.29) is 5.56 Å². The van der Waals surface area contributed by atoms with Crippen LogP contribution in [0.2, 0.25) is 0 Å². The van der Waals surface area contributed by atoms with Crippen molar-refractivity contribution in [3.63, 3.8) is 0 Å². The van der Waals surface area contributed by atoms with Crippen molar-refractivity contribution in [3.05, 3.63) is 58.6 Å². The van der Waals surface area contributed by atoms with Crippen molar-refractivity contribution >= 4 is 16.6 Å². The molecule has 0 saturated carbocycles. The predicted octanol–water partition coefficient (Wildman–Crippen LogP) is 2.31. The van der Waals surface area contributed by atoms with Crippen LogP contribution in [0.25, 0.3) is 10.9 Å². The first-order valence-corrected chi connectivity index (χ1v) is 9.85. The smallest absolute Gasteiger partial charge is 0.258 e. The number of piperazine rings is 1. The van der Waals surface area contributed by atoms with E-state index in [4.69, 9.17) is 9.47 Å². The van der Waals surface area contributed by atoms with Gasteiger partial charge in [0.15, 0.2) is 11.5 Å². The Morgan fingerprint density at radius 1 is 1.00 bits per heavy atom. The van der Waals surface area contributed by atoms with Gasteiger partial charge in [0.1, 0.15) is 5.82 Å². The molecule has 0 atom stereocenters. The molecule has 1 saturated heterocycles. The van der Waals surface area contributed by atoms with E-state index in [0.717, 1.165) is 32.7 Å². The van der Waals surface area contributed by atoms with Crippen LogP contribution in [0.15, 0.2) is 47.3 Å². The van der Waals surface area contributed by atoms with Gasteiger partial charge in [-0.2, -0.15) is 0 Å². The molecule has 0 unspecified atom stereocenters. The van der Waals surface area contributed by atoms with Crippen molar-refractivity contribution in [3.8, 4) is 11.5 Å². The van der Waals surface area contributed by atoms with E-state index < -0.39 is 0 Å². The molecule has 1 fully saturated rings. The van der Waals surface area contributed by atoms with Gasteiger partial charge in [0.05, 0.1) is 25.1 Å². The third-order valence-electron chi connectivity index (χ3n) is 5.42. The summed E-state index contributed by atoms with van der Waals surface area (Å²) in [5.41, 5.74) is 1.74. The molecule has 0 aliphatic carbocycles. The Labute approximate surface area is 169 Å². The third-order valence-corrected chi connectivity index (χ3v) is 5.42. The predicted molar refractivity (Wildman–Crippen MR) is 114 cm³/mol. The zero-order valence-electron chi connectivity index (χ0n) is 16.9. The first kappa shape index (κ1) is 19.3. The maximum absolute atomic E-state index is 12.5. The molecule has 7 nitrogen and oxygen atoms in total. The van der Waals surface area contributed by atoms with Gasteiger partial charge in [0.25, 0.3) is 5.56 Å². The maximum atomic E-state index is 12.5. The van der Waals surface area contributed by atoms with Crippen molar-refractivity contribution < 1.29 is 9.47 Å². The Balaban J connectivity index is 1.42. The second-order valence-corrected chi connectivity index (χ2v) is 7.15. The van der Waals surface area contributed by atoms with E-state index >= 15 is 0 Å². The SMILES string of the molecule is COc1cc2nc(CCN3CCN(c4ccccc4)CC3)[nH]c(=O)c2cc1OC. The molecule has 4 rings (SSSR count). The van der Waals surface area contributed by atoms with Gasteiger partial charge in [0.2, 0.25) is 0 Å². The lowest BCUT2D eigenvalue weighted by atomic mass is 10.2. The fraction of sp³-hybridized carbons (Fsp3) is 0.364.